The maximum Gasteiger partial charge on any atom is 0.189 e. The monoisotopic (exact) mass is 229 g/mol. The van der Waals surface area contributed by atoms with Crippen LogP contribution in [0.2, 0.25) is 0 Å². The standard InChI is InChI=1S/C15H19NO/c1-10(2)12-5-6-13-14(9-12)16(11(3)4)8-7-15(13)17/h5-11H,1-4H3. The molecule has 2 rings (SSSR count). The van der Waals surface area contributed by atoms with E-state index in [1.807, 2.05) is 12.3 Å². The Morgan fingerprint density at radius 2 is 1.76 bits per heavy atom. The van der Waals surface area contributed by atoms with Crippen molar-refractivity contribution in [2.75, 3.05) is 0 Å². The molecule has 1 aromatic heterocycles. The van der Waals surface area contributed by atoms with Crippen LogP contribution in [0.1, 0.15) is 45.2 Å². The molecule has 0 fully saturated rings. The molecule has 0 aliphatic heterocycles. The van der Waals surface area contributed by atoms with Crippen molar-refractivity contribution in [3.63, 3.8) is 0 Å². The van der Waals surface area contributed by atoms with Crippen LogP contribution in [0.25, 0.3) is 10.9 Å². The smallest absolute Gasteiger partial charge is 0.189 e. The SMILES string of the molecule is CC(C)c1ccc2c(=O)ccn(C(C)C)c2c1. The Morgan fingerprint density at radius 3 is 2.35 bits per heavy atom. The van der Waals surface area contributed by atoms with Gasteiger partial charge in [0.25, 0.3) is 0 Å². The molecule has 0 unspecified atom stereocenters. The van der Waals surface area contributed by atoms with E-state index in [4.69, 9.17) is 0 Å². The van der Waals surface area contributed by atoms with E-state index in [9.17, 15) is 4.79 Å². The van der Waals surface area contributed by atoms with Crippen LogP contribution >= 0.6 is 0 Å². The van der Waals surface area contributed by atoms with Crippen LogP contribution in [-0.2, 0) is 0 Å². The Balaban J connectivity index is 2.80. The molecule has 2 heteroatoms. The van der Waals surface area contributed by atoms with Gasteiger partial charge in [-0.2, -0.15) is 0 Å². The first-order valence-electron chi connectivity index (χ1n) is 6.15. The summed E-state index contributed by atoms with van der Waals surface area (Å²) in [7, 11) is 0. The number of pyridine rings is 1. The fourth-order valence-electron chi connectivity index (χ4n) is 2.10. The minimum atomic E-state index is 0.104. The van der Waals surface area contributed by atoms with Crippen LogP contribution in [0, 0.1) is 0 Å². The van der Waals surface area contributed by atoms with Crippen LogP contribution in [-0.4, -0.2) is 4.57 Å². The van der Waals surface area contributed by atoms with Gasteiger partial charge in [0.05, 0.1) is 5.52 Å². The lowest BCUT2D eigenvalue weighted by atomic mass is 10.0. The van der Waals surface area contributed by atoms with Crippen LogP contribution in [0.3, 0.4) is 0 Å². The van der Waals surface area contributed by atoms with E-state index in [0.29, 0.717) is 12.0 Å². The Kier molecular flexibility index (Phi) is 3.05. The molecule has 2 nitrogen and oxygen atoms in total. The molecule has 0 aliphatic rings. The summed E-state index contributed by atoms with van der Waals surface area (Å²) in [5.74, 6) is 0.482. The van der Waals surface area contributed by atoms with Gasteiger partial charge in [0.15, 0.2) is 5.43 Å². The van der Waals surface area contributed by atoms with E-state index in [1.165, 1.54) is 5.56 Å². The quantitative estimate of drug-likeness (QED) is 0.769. The Labute approximate surface area is 102 Å². The molecule has 90 valence electrons. The van der Waals surface area contributed by atoms with Crippen molar-refractivity contribution in [3.05, 3.63) is 46.2 Å². The molecule has 0 spiro atoms. The number of fused-ring (bicyclic) bond motifs is 1. The summed E-state index contributed by atoms with van der Waals surface area (Å²) in [6, 6.07) is 8.16. The average molecular weight is 229 g/mol. The zero-order valence-corrected chi connectivity index (χ0v) is 10.9. The van der Waals surface area contributed by atoms with Gasteiger partial charge < -0.3 is 4.57 Å². The molecule has 0 bridgehead atoms. The lowest BCUT2D eigenvalue weighted by molar-refractivity contribution is 0.617. The molecule has 2 aromatic rings. The Morgan fingerprint density at radius 1 is 1.06 bits per heavy atom. The number of rotatable bonds is 2. The molecule has 0 N–H and O–H groups in total. The summed E-state index contributed by atoms with van der Waals surface area (Å²) in [5.41, 5.74) is 2.42. The predicted octanol–water partition coefficient (Wildman–Crippen LogP) is 3.71. The number of nitrogens with zero attached hydrogens (tertiary/aromatic N) is 1. The second-order valence-corrected chi connectivity index (χ2v) is 5.11. The first-order valence-corrected chi connectivity index (χ1v) is 6.15. The first kappa shape index (κ1) is 11.9. The van der Waals surface area contributed by atoms with Crippen LogP contribution in [0.4, 0.5) is 0 Å². The number of aromatic nitrogens is 1. The average Bonchev–Trinajstić information content (AvgIpc) is 2.28. The van der Waals surface area contributed by atoms with Gasteiger partial charge in [-0.25, -0.2) is 0 Å². The lowest BCUT2D eigenvalue weighted by Gasteiger charge is -2.16. The maximum atomic E-state index is 11.8. The fraction of sp³-hybridized carbons (Fsp3) is 0.400. The van der Waals surface area contributed by atoms with Crippen molar-refractivity contribution in [2.45, 2.75) is 39.7 Å². The largest absolute Gasteiger partial charge is 0.345 e. The van der Waals surface area contributed by atoms with E-state index in [1.54, 1.807) is 6.07 Å². The van der Waals surface area contributed by atoms with Gasteiger partial charge in [0.2, 0.25) is 0 Å². The first-order chi connectivity index (χ1) is 8.00. The summed E-state index contributed by atoms with van der Waals surface area (Å²) >= 11 is 0. The van der Waals surface area contributed by atoms with Gasteiger partial charge in [-0.3, -0.25) is 4.79 Å². The van der Waals surface area contributed by atoms with Gasteiger partial charge in [-0.05, 0) is 37.5 Å². The van der Waals surface area contributed by atoms with Crippen molar-refractivity contribution < 1.29 is 0 Å². The van der Waals surface area contributed by atoms with Crippen LogP contribution in [0.5, 0.6) is 0 Å². The molecule has 1 heterocycles. The van der Waals surface area contributed by atoms with Crippen molar-refractivity contribution in [1.82, 2.24) is 4.57 Å². The van der Waals surface area contributed by atoms with Crippen molar-refractivity contribution in [2.24, 2.45) is 0 Å². The summed E-state index contributed by atoms with van der Waals surface area (Å²) < 4.78 is 2.16. The van der Waals surface area contributed by atoms with Gasteiger partial charge >= 0.3 is 0 Å². The summed E-state index contributed by atoms with van der Waals surface area (Å²) in [6.45, 7) is 8.60. The number of hydrogen-bond acceptors (Lipinski definition) is 1. The highest BCUT2D eigenvalue weighted by molar-refractivity contribution is 5.79. The molecular formula is C15H19NO. The second-order valence-electron chi connectivity index (χ2n) is 5.11. The van der Waals surface area contributed by atoms with E-state index >= 15 is 0 Å². The van der Waals surface area contributed by atoms with Crippen LogP contribution < -0.4 is 5.43 Å². The topological polar surface area (TPSA) is 22.0 Å². The normalized spacial score (nSPS) is 11.6. The fourth-order valence-corrected chi connectivity index (χ4v) is 2.10. The summed E-state index contributed by atoms with van der Waals surface area (Å²) in [4.78, 5) is 11.8. The second kappa shape index (κ2) is 4.36. The highest BCUT2D eigenvalue weighted by Crippen LogP contribution is 2.21. The zero-order chi connectivity index (χ0) is 12.6. The van der Waals surface area contributed by atoms with Crippen LogP contribution in [0.15, 0.2) is 35.3 Å². The molecular weight excluding hydrogens is 210 g/mol. The third-order valence-corrected chi connectivity index (χ3v) is 3.17. The Hall–Kier alpha value is -1.57. The molecule has 0 atom stereocenters. The van der Waals surface area contributed by atoms with Gasteiger partial charge in [-0.15, -0.1) is 0 Å². The molecule has 1 aromatic carbocycles. The van der Waals surface area contributed by atoms with Crippen molar-refractivity contribution in [1.29, 1.82) is 0 Å². The third kappa shape index (κ3) is 2.12. The predicted molar refractivity (Wildman–Crippen MR) is 72.7 cm³/mol. The van der Waals surface area contributed by atoms with Gasteiger partial charge in [0, 0.05) is 23.7 Å². The summed E-state index contributed by atoms with van der Waals surface area (Å²) in [5, 5.41) is 0.811. The number of hydrogen-bond donors (Lipinski definition) is 0. The highest BCUT2D eigenvalue weighted by Gasteiger charge is 2.07. The van der Waals surface area contributed by atoms with E-state index in [-0.39, 0.29) is 5.43 Å². The van der Waals surface area contributed by atoms with E-state index in [0.717, 1.165) is 10.9 Å². The van der Waals surface area contributed by atoms with Gasteiger partial charge in [0.1, 0.15) is 0 Å². The maximum absolute atomic E-state index is 11.8. The van der Waals surface area contributed by atoms with E-state index in [2.05, 4.69) is 44.4 Å². The molecule has 0 saturated heterocycles. The summed E-state index contributed by atoms with van der Waals surface area (Å²) in [6.07, 6.45) is 1.89. The molecule has 17 heavy (non-hydrogen) atoms. The molecule has 0 radical (unpaired) electrons. The van der Waals surface area contributed by atoms with Gasteiger partial charge in [-0.1, -0.05) is 19.9 Å². The Bertz CT molecular complexity index is 593. The van der Waals surface area contributed by atoms with Crippen molar-refractivity contribution >= 4 is 10.9 Å². The number of benzene rings is 1. The van der Waals surface area contributed by atoms with E-state index < -0.39 is 0 Å². The molecule has 0 aliphatic carbocycles. The third-order valence-electron chi connectivity index (χ3n) is 3.17. The zero-order valence-electron chi connectivity index (χ0n) is 10.9. The highest BCUT2D eigenvalue weighted by atomic mass is 16.1. The minimum Gasteiger partial charge on any atom is -0.345 e. The van der Waals surface area contributed by atoms with Crippen molar-refractivity contribution in [3.8, 4) is 0 Å². The molecule has 0 saturated carbocycles. The lowest BCUT2D eigenvalue weighted by Crippen LogP contribution is -2.10. The molecule has 0 amide bonds. The minimum absolute atomic E-state index is 0.104.